The molecule has 1 N–H and O–H groups in total. The second kappa shape index (κ2) is 6.27. The fourth-order valence-corrected chi connectivity index (χ4v) is 2.39. The van der Waals surface area contributed by atoms with Crippen molar-refractivity contribution >= 4 is 11.5 Å². The van der Waals surface area contributed by atoms with Gasteiger partial charge in [-0.15, -0.1) is 0 Å². The molecule has 2 aromatic rings. The molecule has 1 aromatic carbocycles. The first kappa shape index (κ1) is 14.1. The molecule has 0 aliphatic heterocycles. The van der Waals surface area contributed by atoms with Gasteiger partial charge in [-0.2, -0.15) is 0 Å². The summed E-state index contributed by atoms with van der Waals surface area (Å²) in [6, 6.07) is 13.7. The minimum absolute atomic E-state index is 0.737. The first-order chi connectivity index (χ1) is 10.3. The molecule has 110 valence electrons. The number of aromatic nitrogens is 1. The van der Waals surface area contributed by atoms with E-state index in [0.717, 1.165) is 24.8 Å². The van der Waals surface area contributed by atoms with E-state index in [9.17, 15) is 0 Å². The number of nitrogens with zero attached hydrogens (tertiary/aromatic N) is 2. The van der Waals surface area contributed by atoms with Crippen LogP contribution in [0.5, 0.6) is 0 Å². The van der Waals surface area contributed by atoms with Crippen molar-refractivity contribution in [1.82, 2.24) is 10.3 Å². The predicted molar refractivity (Wildman–Crippen MR) is 88.0 cm³/mol. The minimum atomic E-state index is 0.737. The highest BCUT2D eigenvalue weighted by Crippen LogP contribution is 2.23. The second-order valence-corrected chi connectivity index (χ2v) is 5.76. The van der Waals surface area contributed by atoms with Crippen LogP contribution in [0.4, 0.5) is 11.5 Å². The highest BCUT2D eigenvalue weighted by atomic mass is 15.2. The van der Waals surface area contributed by atoms with Crippen LogP contribution in [-0.4, -0.2) is 18.1 Å². The van der Waals surface area contributed by atoms with Crippen LogP contribution in [0.25, 0.3) is 0 Å². The summed E-state index contributed by atoms with van der Waals surface area (Å²) in [5.41, 5.74) is 3.83. The lowest BCUT2D eigenvalue weighted by Gasteiger charge is -2.19. The molecule has 3 heteroatoms. The zero-order valence-corrected chi connectivity index (χ0v) is 12.8. The van der Waals surface area contributed by atoms with Crippen LogP contribution >= 0.6 is 0 Å². The van der Waals surface area contributed by atoms with Gasteiger partial charge in [0.2, 0.25) is 0 Å². The molecular weight excluding hydrogens is 258 g/mol. The van der Waals surface area contributed by atoms with Crippen LogP contribution in [0.1, 0.15) is 30.9 Å². The molecule has 0 spiro atoms. The maximum absolute atomic E-state index is 4.50. The van der Waals surface area contributed by atoms with Gasteiger partial charge in [0.25, 0.3) is 0 Å². The lowest BCUT2D eigenvalue weighted by atomic mass is 10.1. The number of nitrogens with one attached hydrogen (secondary N) is 1. The van der Waals surface area contributed by atoms with E-state index in [4.69, 9.17) is 0 Å². The Hall–Kier alpha value is -1.87. The molecule has 3 rings (SSSR count). The highest BCUT2D eigenvalue weighted by molar-refractivity contribution is 5.59. The summed E-state index contributed by atoms with van der Waals surface area (Å²) in [5, 5.41) is 3.55. The molecule has 1 aromatic heterocycles. The Balaban J connectivity index is 1.72. The summed E-state index contributed by atoms with van der Waals surface area (Å²) in [6.45, 7) is 3.11. The third-order valence-electron chi connectivity index (χ3n) is 4.06. The smallest absolute Gasteiger partial charge is 0.132 e. The summed E-state index contributed by atoms with van der Waals surface area (Å²) in [6.07, 6.45) is 5.62. The van der Waals surface area contributed by atoms with E-state index in [1.807, 2.05) is 6.20 Å². The zero-order chi connectivity index (χ0) is 14.7. The van der Waals surface area contributed by atoms with Crippen molar-refractivity contribution in [2.45, 2.75) is 38.8 Å². The summed E-state index contributed by atoms with van der Waals surface area (Å²) in [4.78, 5) is 6.64. The molecule has 1 aliphatic carbocycles. The fourth-order valence-electron chi connectivity index (χ4n) is 2.39. The average Bonchev–Trinajstić information content (AvgIpc) is 3.37. The highest BCUT2D eigenvalue weighted by Gasteiger charge is 2.20. The summed E-state index contributed by atoms with van der Waals surface area (Å²) >= 11 is 0. The first-order valence-electron chi connectivity index (χ1n) is 7.77. The van der Waals surface area contributed by atoms with Crippen LogP contribution < -0.4 is 10.2 Å². The van der Waals surface area contributed by atoms with E-state index >= 15 is 0 Å². The topological polar surface area (TPSA) is 28.2 Å². The Labute approximate surface area is 127 Å². The summed E-state index contributed by atoms with van der Waals surface area (Å²) in [7, 11) is 2.07. The Morgan fingerprint density at radius 1 is 1.14 bits per heavy atom. The third kappa shape index (κ3) is 3.61. The quantitative estimate of drug-likeness (QED) is 0.875. The van der Waals surface area contributed by atoms with Gasteiger partial charge < -0.3 is 10.2 Å². The molecule has 1 saturated carbocycles. The number of rotatable bonds is 6. The van der Waals surface area contributed by atoms with Crippen molar-refractivity contribution in [3.63, 3.8) is 0 Å². The third-order valence-corrected chi connectivity index (χ3v) is 4.06. The molecule has 0 atom stereocenters. The monoisotopic (exact) mass is 281 g/mol. The number of anilines is 2. The largest absolute Gasteiger partial charge is 0.329 e. The van der Waals surface area contributed by atoms with Crippen molar-refractivity contribution in [1.29, 1.82) is 0 Å². The SMILES string of the molecule is CCc1ccc(N(C)c2cc(CNC3CC3)ccn2)cc1. The van der Waals surface area contributed by atoms with E-state index in [-0.39, 0.29) is 0 Å². The molecule has 0 bridgehead atoms. The second-order valence-electron chi connectivity index (χ2n) is 5.76. The van der Waals surface area contributed by atoms with Gasteiger partial charge in [-0.1, -0.05) is 19.1 Å². The van der Waals surface area contributed by atoms with Crippen LogP contribution in [0.2, 0.25) is 0 Å². The lowest BCUT2D eigenvalue weighted by molar-refractivity contribution is 0.687. The van der Waals surface area contributed by atoms with Gasteiger partial charge in [-0.05, 0) is 54.7 Å². The van der Waals surface area contributed by atoms with Crippen molar-refractivity contribution in [3.05, 3.63) is 53.7 Å². The number of hydrogen-bond acceptors (Lipinski definition) is 3. The molecule has 1 fully saturated rings. The number of pyridine rings is 1. The fraction of sp³-hybridized carbons (Fsp3) is 0.389. The van der Waals surface area contributed by atoms with E-state index in [0.29, 0.717) is 0 Å². The molecule has 0 amide bonds. The summed E-state index contributed by atoms with van der Waals surface area (Å²) in [5.74, 6) is 0.995. The first-order valence-corrected chi connectivity index (χ1v) is 7.77. The van der Waals surface area contributed by atoms with E-state index in [1.165, 1.54) is 29.7 Å². The molecule has 1 aliphatic rings. The zero-order valence-electron chi connectivity index (χ0n) is 12.8. The predicted octanol–water partition coefficient (Wildman–Crippen LogP) is 3.66. The van der Waals surface area contributed by atoms with Gasteiger partial charge in [0, 0.05) is 31.5 Å². The van der Waals surface area contributed by atoms with Crippen LogP contribution in [0.3, 0.4) is 0 Å². The van der Waals surface area contributed by atoms with Crippen molar-refractivity contribution in [2.75, 3.05) is 11.9 Å². The molecule has 0 radical (unpaired) electrons. The van der Waals surface area contributed by atoms with Crippen molar-refractivity contribution in [2.24, 2.45) is 0 Å². The Bertz CT molecular complexity index is 588. The van der Waals surface area contributed by atoms with Gasteiger partial charge in [0.1, 0.15) is 5.82 Å². The minimum Gasteiger partial charge on any atom is -0.329 e. The molecule has 21 heavy (non-hydrogen) atoms. The number of hydrogen-bond donors (Lipinski definition) is 1. The van der Waals surface area contributed by atoms with Gasteiger partial charge in [0.15, 0.2) is 0 Å². The maximum Gasteiger partial charge on any atom is 0.132 e. The molecule has 0 unspecified atom stereocenters. The number of aryl methyl sites for hydroxylation is 1. The van der Waals surface area contributed by atoms with Gasteiger partial charge >= 0.3 is 0 Å². The molecular formula is C18H23N3. The maximum atomic E-state index is 4.50. The summed E-state index contributed by atoms with van der Waals surface area (Å²) < 4.78 is 0. The van der Waals surface area contributed by atoms with Crippen LogP contribution in [0, 0.1) is 0 Å². The van der Waals surface area contributed by atoms with Crippen molar-refractivity contribution in [3.8, 4) is 0 Å². The van der Waals surface area contributed by atoms with E-state index in [1.54, 1.807) is 0 Å². The van der Waals surface area contributed by atoms with Gasteiger partial charge in [-0.25, -0.2) is 4.98 Å². The lowest BCUT2D eigenvalue weighted by Crippen LogP contribution is -2.16. The molecule has 3 nitrogen and oxygen atoms in total. The normalized spacial score (nSPS) is 14.2. The van der Waals surface area contributed by atoms with Gasteiger partial charge in [0.05, 0.1) is 0 Å². The average molecular weight is 281 g/mol. The van der Waals surface area contributed by atoms with Gasteiger partial charge in [-0.3, -0.25) is 0 Å². The Morgan fingerprint density at radius 3 is 2.57 bits per heavy atom. The standard InChI is InChI=1S/C18H23N3/c1-3-14-4-8-17(9-5-14)21(2)18-12-15(10-11-19-18)13-20-16-6-7-16/h4-5,8-12,16,20H,3,6-7,13H2,1-2H3. The van der Waals surface area contributed by atoms with E-state index in [2.05, 4.69) is 65.6 Å². The molecule has 0 saturated heterocycles. The van der Waals surface area contributed by atoms with Crippen LogP contribution in [-0.2, 0) is 13.0 Å². The van der Waals surface area contributed by atoms with Crippen molar-refractivity contribution < 1.29 is 0 Å². The van der Waals surface area contributed by atoms with Crippen LogP contribution in [0.15, 0.2) is 42.6 Å². The molecule has 1 heterocycles. The number of benzene rings is 1. The van der Waals surface area contributed by atoms with E-state index < -0.39 is 0 Å². The Morgan fingerprint density at radius 2 is 1.90 bits per heavy atom. The Kier molecular flexibility index (Phi) is 4.20.